The molecular weight excluding hydrogens is 379 g/mol. The first kappa shape index (κ1) is 14.8. The zero-order valence-corrected chi connectivity index (χ0v) is 14.4. The van der Waals surface area contributed by atoms with Crippen LogP contribution in [0.4, 0.5) is 0 Å². The van der Waals surface area contributed by atoms with E-state index in [2.05, 4.69) is 46.6 Å². The number of hydrogen-bond acceptors (Lipinski definition) is 4. The quantitative estimate of drug-likeness (QED) is 0.744. The van der Waals surface area contributed by atoms with E-state index >= 15 is 0 Å². The lowest BCUT2D eigenvalue weighted by molar-refractivity contribution is 0.218. The molecule has 0 bridgehead atoms. The number of hydrogen-bond donors (Lipinski definition) is 1. The Labute approximate surface area is 138 Å². The van der Waals surface area contributed by atoms with Crippen molar-refractivity contribution in [2.75, 3.05) is 0 Å². The first-order chi connectivity index (χ1) is 9.94. The van der Waals surface area contributed by atoms with Gasteiger partial charge in [0.15, 0.2) is 5.82 Å². The first-order valence-electron chi connectivity index (χ1n) is 7.27. The average molecular weight is 398 g/mol. The number of halogens is 1. The molecule has 1 fully saturated rings. The maximum absolute atomic E-state index is 9.95. The molecule has 1 aromatic carbocycles. The van der Waals surface area contributed by atoms with Crippen LogP contribution in [0.2, 0.25) is 0 Å². The summed E-state index contributed by atoms with van der Waals surface area (Å²) >= 11 is 2.20. The van der Waals surface area contributed by atoms with Crippen LogP contribution in [-0.4, -0.2) is 15.2 Å². The molecule has 0 aliphatic heterocycles. The fourth-order valence-corrected chi connectivity index (χ4v) is 3.34. The lowest BCUT2D eigenvalue weighted by Crippen LogP contribution is -2.20. The van der Waals surface area contributed by atoms with Gasteiger partial charge in [-0.15, -0.1) is 0 Å². The van der Waals surface area contributed by atoms with E-state index in [1.807, 2.05) is 12.1 Å². The number of phenols is 1. The Bertz CT molecular complexity index is 641. The fraction of sp³-hybridized carbons (Fsp3) is 0.500. The summed E-state index contributed by atoms with van der Waals surface area (Å²) in [7, 11) is 0. The van der Waals surface area contributed by atoms with Crippen LogP contribution < -0.4 is 0 Å². The van der Waals surface area contributed by atoms with Crippen LogP contribution >= 0.6 is 22.6 Å². The Kier molecular flexibility index (Phi) is 3.94. The molecular formula is C16H19IN2O2. The molecule has 4 nitrogen and oxygen atoms in total. The summed E-state index contributed by atoms with van der Waals surface area (Å²) in [5.41, 5.74) is 1.04. The van der Waals surface area contributed by atoms with Crippen molar-refractivity contribution in [3.05, 3.63) is 27.6 Å². The zero-order chi connectivity index (χ0) is 15.0. The second-order valence-corrected chi connectivity index (χ2v) is 7.80. The van der Waals surface area contributed by atoms with Gasteiger partial charge >= 0.3 is 0 Å². The van der Waals surface area contributed by atoms with E-state index in [0.29, 0.717) is 22.8 Å². The van der Waals surface area contributed by atoms with E-state index in [1.54, 1.807) is 6.07 Å². The smallest absolute Gasteiger partial charge is 0.261 e. The minimum atomic E-state index is 0.176. The van der Waals surface area contributed by atoms with Crippen LogP contribution in [0, 0.1) is 8.99 Å². The molecule has 5 heteroatoms. The summed E-state index contributed by atoms with van der Waals surface area (Å²) < 4.78 is 6.39. The molecule has 0 unspecified atom stereocenters. The van der Waals surface area contributed by atoms with Gasteiger partial charge in [-0.2, -0.15) is 4.98 Å². The topological polar surface area (TPSA) is 59.2 Å². The van der Waals surface area contributed by atoms with Gasteiger partial charge in [0.05, 0.1) is 5.56 Å². The molecule has 1 aliphatic rings. The van der Waals surface area contributed by atoms with Gasteiger partial charge in [-0.25, -0.2) is 0 Å². The molecule has 0 saturated heterocycles. The highest BCUT2D eigenvalue weighted by atomic mass is 127. The van der Waals surface area contributed by atoms with Gasteiger partial charge in [-0.1, -0.05) is 19.0 Å². The summed E-state index contributed by atoms with van der Waals surface area (Å²) in [5.74, 6) is 1.74. The van der Waals surface area contributed by atoms with E-state index in [9.17, 15) is 5.11 Å². The van der Waals surface area contributed by atoms with Crippen molar-refractivity contribution < 1.29 is 9.63 Å². The monoisotopic (exact) mass is 398 g/mol. The maximum Gasteiger partial charge on any atom is 0.261 e. The van der Waals surface area contributed by atoms with Crippen molar-refractivity contribution in [3.8, 4) is 17.2 Å². The Balaban J connectivity index is 1.82. The molecule has 0 spiro atoms. The minimum absolute atomic E-state index is 0.176. The van der Waals surface area contributed by atoms with Gasteiger partial charge in [-0.3, -0.25) is 0 Å². The third-order valence-electron chi connectivity index (χ3n) is 4.34. The van der Waals surface area contributed by atoms with Crippen molar-refractivity contribution in [1.82, 2.24) is 10.1 Å². The summed E-state index contributed by atoms with van der Waals surface area (Å²) in [6, 6.07) is 5.36. The normalized spacial score (nSPS) is 18.8. The predicted molar refractivity (Wildman–Crippen MR) is 89.1 cm³/mol. The third-order valence-corrected chi connectivity index (χ3v) is 5.01. The van der Waals surface area contributed by atoms with Gasteiger partial charge in [-0.05, 0) is 71.9 Å². The zero-order valence-electron chi connectivity index (χ0n) is 12.3. The molecule has 1 saturated carbocycles. The van der Waals surface area contributed by atoms with E-state index in [-0.39, 0.29) is 5.75 Å². The van der Waals surface area contributed by atoms with Gasteiger partial charge in [0, 0.05) is 9.49 Å². The highest BCUT2D eigenvalue weighted by Crippen LogP contribution is 2.42. The molecule has 1 heterocycles. The summed E-state index contributed by atoms with van der Waals surface area (Å²) in [4.78, 5) is 4.51. The second kappa shape index (κ2) is 5.59. The molecule has 112 valence electrons. The number of rotatable bonds is 2. The van der Waals surface area contributed by atoms with Crippen molar-refractivity contribution in [1.29, 1.82) is 0 Å². The summed E-state index contributed by atoms with van der Waals surface area (Å²) in [6.45, 7) is 4.63. The molecule has 0 radical (unpaired) electrons. The minimum Gasteiger partial charge on any atom is -0.507 e. The standard InChI is InChI=1S/C16H19IN2O2/c1-16(2)7-5-10(6-8-16)14-18-15(21-19-14)12-9-11(17)3-4-13(12)20/h3-4,9-10,20H,5-8H2,1-2H3. The molecule has 1 aliphatic carbocycles. The van der Waals surface area contributed by atoms with Crippen LogP contribution in [0.1, 0.15) is 51.3 Å². The fourth-order valence-electron chi connectivity index (χ4n) is 2.85. The van der Waals surface area contributed by atoms with Crippen LogP contribution in [0.25, 0.3) is 11.5 Å². The van der Waals surface area contributed by atoms with Crippen LogP contribution in [-0.2, 0) is 0 Å². The van der Waals surface area contributed by atoms with Crippen LogP contribution in [0.5, 0.6) is 5.75 Å². The SMILES string of the molecule is CC1(C)CCC(c2noc(-c3cc(I)ccc3O)n2)CC1. The Hall–Kier alpha value is -1.11. The first-order valence-corrected chi connectivity index (χ1v) is 8.35. The van der Waals surface area contributed by atoms with Gasteiger partial charge < -0.3 is 9.63 Å². The lowest BCUT2D eigenvalue weighted by Gasteiger charge is -2.32. The third kappa shape index (κ3) is 3.22. The van der Waals surface area contributed by atoms with Crippen LogP contribution in [0.15, 0.2) is 22.7 Å². The van der Waals surface area contributed by atoms with Gasteiger partial charge in [0.25, 0.3) is 5.89 Å². The van der Waals surface area contributed by atoms with E-state index in [1.165, 1.54) is 12.8 Å². The molecule has 1 N–H and O–H groups in total. The van der Waals surface area contributed by atoms with Crippen LogP contribution in [0.3, 0.4) is 0 Å². The van der Waals surface area contributed by atoms with Crippen molar-refractivity contribution in [2.24, 2.45) is 5.41 Å². The highest BCUT2D eigenvalue weighted by molar-refractivity contribution is 14.1. The molecule has 1 aromatic heterocycles. The summed E-state index contributed by atoms with van der Waals surface area (Å²) in [6.07, 6.45) is 4.58. The Morgan fingerprint density at radius 3 is 2.71 bits per heavy atom. The number of aromatic hydroxyl groups is 1. The molecule has 0 atom stereocenters. The van der Waals surface area contributed by atoms with Gasteiger partial charge in [0.2, 0.25) is 0 Å². The molecule has 0 amide bonds. The maximum atomic E-state index is 9.95. The predicted octanol–water partition coefficient (Wildman–Crippen LogP) is 4.73. The largest absolute Gasteiger partial charge is 0.507 e. The second-order valence-electron chi connectivity index (χ2n) is 6.56. The molecule has 21 heavy (non-hydrogen) atoms. The van der Waals surface area contributed by atoms with E-state index in [4.69, 9.17) is 4.52 Å². The number of benzene rings is 1. The molecule has 2 aromatic rings. The van der Waals surface area contributed by atoms with Crippen molar-refractivity contribution >= 4 is 22.6 Å². The number of nitrogens with zero attached hydrogens (tertiary/aromatic N) is 2. The lowest BCUT2D eigenvalue weighted by atomic mass is 9.73. The Morgan fingerprint density at radius 2 is 2.00 bits per heavy atom. The van der Waals surface area contributed by atoms with Crippen molar-refractivity contribution in [2.45, 2.75) is 45.4 Å². The highest BCUT2D eigenvalue weighted by Gasteiger charge is 2.30. The van der Waals surface area contributed by atoms with Gasteiger partial charge in [0.1, 0.15) is 5.75 Å². The Morgan fingerprint density at radius 1 is 1.29 bits per heavy atom. The van der Waals surface area contributed by atoms with E-state index in [0.717, 1.165) is 22.2 Å². The number of aromatic nitrogens is 2. The number of phenolic OH excluding ortho intramolecular Hbond substituents is 1. The van der Waals surface area contributed by atoms with Crippen molar-refractivity contribution in [3.63, 3.8) is 0 Å². The average Bonchev–Trinajstić information content (AvgIpc) is 2.91. The summed E-state index contributed by atoms with van der Waals surface area (Å²) in [5, 5.41) is 14.1. The van der Waals surface area contributed by atoms with E-state index < -0.39 is 0 Å². The molecule has 3 rings (SSSR count).